The molecule has 2 rings (SSSR count). The largest absolute Gasteiger partial charge is 0.320 e. The van der Waals surface area contributed by atoms with Gasteiger partial charge in [0.05, 0.1) is 10.2 Å². The van der Waals surface area contributed by atoms with Crippen LogP contribution in [0.3, 0.4) is 0 Å². The van der Waals surface area contributed by atoms with Crippen molar-refractivity contribution in [2.45, 2.75) is 13.3 Å². The standard InChI is InChI=1S/C11H14N2S/c1-3-8-12-11-13(2)9-6-4-5-7-10(9)14-11/h4-7H,3,8H2,1-2H3. The van der Waals surface area contributed by atoms with Gasteiger partial charge < -0.3 is 4.57 Å². The Labute approximate surface area is 87.5 Å². The van der Waals surface area contributed by atoms with Crippen LogP contribution in [0.2, 0.25) is 0 Å². The Bertz CT molecular complexity index is 493. The van der Waals surface area contributed by atoms with Crippen LogP contribution in [-0.2, 0) is 7.05 Å². The maximum atomic E-state index is 4.54. The van der Waals surface area contributed by atoms with Crippen molar-refractivity contribution in [2.24, 2.45) is 12.0 Å². The monoisotopic (exact) mass is 206 g/mol. The molecule has 0 spiro atoms. The van der Waals surface area contributed by atoms with Gasteiger partial charge in [-0.25, -0.2) is 0 Å². The molecular weight excluding hydrogens is 192 g/mol. The van der Waals surface area contributed by atoms with Crippen LogP contribution in [-0.4, -0.2) is 11.1 Å². The van der Waals surface area contributed by atoms with Gasteiger partial charge >= 0.3 is 0 Å². The van der Waals surface area contributed by atoms with Gasteiger partial charge in [0.15, 0.2) is 4.80 Å². The van der Waals surface area contributed by atoms with Crippen molar-refractivity contribution in [3.63, 3.8) is 0 Å². The third kappa shape index (κ3) is 1.60. The van der Waals surface area contributed by atoms with Crippen LogP contribution in [0, 0.1) is 0 Å². The van der Waals surface area contributed by atoms with Crippen molar-refractivity contribution in [3.05, 3.63) is 29.1 Å². The number of thiazole rings is 1. The lowest BCUT2D eigenvalue weighted by atomic mass is 10.3. The highest BCUT2D eigenvalue weighted by molar-refractivity contribution is 7.16. The lowest BCUT2D eigenvalue weighted by Gasteiger charge is -1.93. The van der Waals surface area contributed by atoms with E-state index in [2.05, 4.69) is 47.8 Å². The molecule has 0 saturated carbocycles. The molecule has 0 amide bonds. The van der Waals surface area contributed by atoms with Gasteiger partial charge in [-0.3, -0.25) is 4.99 Å². The van der Waals surface area contributed by atoms with E-state index in [1.165, 1.54) is 10.2 Å². The molecule has 0 saturated heterocycles. The first kappa shape index (κ1) is 9.46. The normalized spacial score (nSPS) is 12.6. The summed E-state index contributed by atoms with van der Waals surface area (Å²) in [6.07, 6.45) is 1.11. The minimum absolute atomic E-state index is 0.917. The van der Waals surface area contributed by atoms with E-state index in [1.54, 1.807) is 11.3 Å². The van der Waals surface area contributed by atoms with Gasteiger partial charge in [-0.2, -0.15) is 0 Å². The first-order valence-corrected chi connectivity index (χ1v) is 5.69. The third-order valence-corrected chi connectivity index (χ3v) is 3.34. The van der Waals surface area contributed by atoms with E-state index < -0.39 is 0 Å². The second-order valence-electron chi connectivity index (χ2n) is 3.29. The smallest absolute Gasteiger partial charge is 0.185 e. The lowest BCUT2D eigenvalue weighted by molar-refractivity contribution is 0.839. The van der Waals surface area contributed by atoms with Gasteiger partial charge in [0.1, 0.15) is 0 Å². The summed E-state index contributed by atoms with van der Waals surface area (Å²) in [6.45, 7) is 3.07. The van der Waals surface area contributed by atoms with Crippen molar-refractivity contribution in [1.29, 1.82) is 0 Å². The molecule has 0 bridgehead atoms. The topological polar surface area (TPSA) is 17.3 Å². The highest BCUT2D eigenvalue weighted by Crippen LogP contribution is 2.14. The zero-order valence-electron chi connectivity index (χ0n) is 8.53. The number of aryl methyl sites for hydroxylation is 1. The van der Waals surface area contributed by atoms with Crippen molar-refractivity contribution in [1.82, 2.24) is 4.57 Å². The lowest BCUT2D eigenvalue weighted by Crippen LogP contribution is -2.10. The van der Waals surface area contributed by atoms with Crippen LogP contribution in [0.15, 0.2) is 29.3 Å². The summed E-state index contributed by atoms with van der Waals surface area (Å²) >= 11 is 1.76. The summed E-state index contributed by atoms with van der Waals surface area (Å²) in [5, 5.41) is 0. The average molecular weight is 206 g/mol. The second-order valence-corrected chi connectivity index (χ2v) is 4.30. The Morgan fingerprint density at radius 3 is 2.86 bits per heavy atom. The number of rotatable bonds is 2. The van der Waals surface area contributed by atoms with Crippen LogP contribution < -0.4 is 4.80 Å². The molecule has 0 aliphatic rings. The molecule has 0 atom stereocenters. The molecule has 0 N–H and O–H groups in total. The van der Waals surface area contributed by atoms with E-state index in [0.717, 1.165) is 17.8 Å². The van der Waals surface area contributed by atoms with E-state index in [1.807, 2.05) is 0 Å². The molecule has 1 aromatic heterocycles. The molecule has 2 aromatic rings. The Hall–Kier alpha value is -1.09. The van der Waals surface area contributed by atoms with Gasteiger partial charge in [0.25, 0.3) is 0 Å². The summed E-state index contributed by atoms with van der Waals surface area (Å²) in [5.74, 6) is 0. The number of benzene rings is 1. The van der Waals surface area contributed by atoms with Gasteiger partial charge in [0, 0.05) is 13.6 Å². The van der Waals surface area contributed by atoms with Crippen LogP contribution >= 0.6 is 11.3 Å². The van der Waals surface area contributed by atoms with E-state index in [9.17, 15) is 0 Å². The van der Waals surface area contributed by atoms with E-state index in [4.69, 9.17) is 0 Å². The molecule has 0 aliphatic heterocycles. The predicted octanol–water partition coefficient (Wildman–Crippen LogP) is 2.55. The SMILES string of the molecule is CCCN=c1sc2ccccc2n1C. The number of aromatic nitrogens is 1. The molecule has 74 valence electrons. The van der Waals surface area contributed by atoms with Crippen molar-refractivity contribution < 1.29 is 0 Å². The fourth-order valence-electron chi connectivity index (χ4n) is 1.44. The quantitative estimate of drug-likeness (QED) is 0.718. The van der Waals surface area contributed by atoms with Crippen molar-refractivity contribution in [2.75, 3.05) is 6.54 Å². The Morgan fingerprint density at radius 2 is 2.14 bits per heavy atom. The van der Waals surface area contributed by atoms with Gasteiger partial charge in [0.2, 0.25) is 0 Å². The fraction of sp³-hybridized carbons (Fsp3) is 0.364. The summed E-state index contributed by atoms with van der Waals surface area (Å²) < 4.78 is 3.47. The molecule has 0 radical (unpaired) electrons. The first-order valence-electron chi connectivity index (χ1n) is 4.88. The highest BCUT2D eigenvalue weighted by Gasteiger charge is 1.99. The summed E-state index contributed by atoms with van der Waals surface area (Å²) in [7, 11) is 2.08. The molecular formula is C11H14N2S. The summed E-state index contributed by atoms with van der Waals surface area (Å²) in [5.41, 5.74) is 1.27. The van der Waals surface area contributed by atoms with Crippen molar-refractivity contribution in [3.8, 4) is 0 Å². The molecule has 0 aliphatic carbocycles. The minimum atomic E-state index is 0.917. The molecule has 2 nitrogen and oxygen atoms in total. The van der Waals surface area contributed by atoms with E-state index in [0.29, 0.717) is 0 Å². The molecule has 14 heavy (non-hydrogen) atoms. The minimum Gasteiger partial charge on any atom is -0.320 e. The number of hydrogen-bond donors (Lipinski definition) is 0. The van der Waals surface area contributed by atoms with Crippen molar-refractivity contribution >= 4 is 21.6 Å². The van der Waals surface area contributed by atoms with Crippen LogP contribution in [0.4, 0.5) is 0 Å². The average Bonchev–Trinajstić information content (AvgIpc) is 2.54. The highest BCUT2D eigenvalue weighted by atomic mass is 32.1. The molecule has 3 heteroatoms. The van der Waals surface area contributed by atoms with Gasteiger partial charge in [-0.15, -0.1) is 0 Å². The number of nitrogens with zero attached hydrogens (tertiary/aromatic N) is 2. The zero-order chi connectivity index (χ0) is 9.97. The molecule has 0 unspecified atom stereocenters. The Balaban J connectivity index is 2.62. The first-order chi connectivity index (χ1) is 6.83. The van der Waals surface area contributed by atoms with E-state index >= 15 is 0 Å². The predicted molar refractivity (Wildman–Crippen MR) is 61.5 cm³/mol. The number of para-hydroxylation sites is 1. The van der Waals surface area contributed by atoms with Crippen LogP contribution in [0.1, 0.15) is 13.3 Å². The zero-order valence-corrected chi connectivity index (χ0v) is 9.34. The van der Waals surface area contributed by atoms with Crippen LogP contribution in [0.25, 0.3) is 10.2 Å². The Kier molecular flexibility index (Phi) is 2.68. The molecule has 1 aromatic carbocycles. The van der Waals surface area contributed by atoms with E-state index in [-0.39, 0.29) is 0 Å². The molecule has 1 heterocycles. The summed E-state index contributed by atoms with van der Waals surface area (Å²) in [6, 6.07) is 8.42. The fourth-order valence-corrected chi connectivity index (χ4v) is 2.48. The summed E-state index contributed by atoms with van der Waals surface area (Å²) in [4.78, 5) is 5.66. The maximum absolute atomic E-state index is 4.54. The van der Waals surface area contributed by atoms with Gasteiger partial charge in [-0.1, -0.05) is 30.4 Å². The van der Waals surface area contributed by atoms with Crippen LogP contribution in [0.5, 0.6) is 0 Å². The number of fused-ring (bicyclic) bond motifs is 1. The maximum Gasteiger partial charge on any atom is 0.185 e. The second kappa shape index (κ2) is 3.96. The Morgan fingerprint density at radius 1 is 1.36 bits per heavy atom. The van der Waals surface area contributed by atoms with Gasteiger partial charge in [-0.05, 0) is 18.6 Å². The third-order valence-electron chi connectivity index (χ3n) is 2.19. The molecule has 0 fully saturated rings. The number of hydrogen-bond acceptors (Lipinski definition) is 2.